The highest BCUT2D eigenvalue weighted by Gasteiger charge is 2.42. The summed E-state index contributed by atoms with van der Waals surface area (Å²) < 4.78 is 43.1. The van der Waals surface area contributed by atoms with Gasteiger partial charge in [0.1, 0.15) is 30.6 Å². The number of carboxylic acid groups (broad SMARTS) is 1. The van der Waals surface area contributed by atoms with Crippen molar-refractivity contribution in [1.82, 2.24) is 4.90 Å². The Morgan fingerprint density at radius 1 is 1.09 bits per heavy atom. The second-order valence-corrected chi connectivity index (χ2v) is 8.16. The van der Waals surface area contributed by atoms with Gasteiger partial charge >= 0.3 is 17.9 Å². The standard InChI is InChI=1S/C25H31F2NO6/c1-28(2)14-13-21(34-23(29)16-25(26,27)24(30)31)17-33-22-10-5-4-8-19(22)12-11-18-7-6-9-20(15-18)32-3/h4-10,15,21H,11-14,16-17H2,1-3H3,(H,30,31)/t21-/m0/s1. The first kappa shape index (κ1) is 27.0. The Hall–Kier alpha value is -3.20. The third kappa shape index (κ3) is 8.97. The molecule has 186 valence electrons. The number of carboxylic acids is 1. The van der Waals surface area contributed by atoms with Gasteiger partial charge < -0.3 is 24.2 Å². The summed E-state index contributed by atoms with van der Waals surface area (Å²) in [4.78, 5) is 24.4. The summed E-state index contributed by atoms with van der Waals surface area (Å²) in [6.07, 6.45) is -0.565. The number of carbonyl (C=O) groups excluding carboxylic acids is 1. The molecule has 2 rings (SSSR count). The minimum atomic E-state index is -4.18. The van der Waals surface area contributed by atoms with Crippen LogP contribution < -0.4 is 9.47 Å². The van der Waals surface area contributed by atoms with Crippen LogP contribution in [-0.2, 0) is 27.2 Å². The van der Waals surface area contributed by atoms with Gasteiger partial charge in [-0.3, -0.25) is 4.79 Å². The van der Waals surface area contributed by atoms with Gasteiger partial charge in [-0.1, -0.05) is 30.3 Å². The first-order chi connectivity index (χ1) is 16.1. The fourth-order valence-corrected chi connectivity index (χ4v) is 3.20. The van der Waals surface area contributed by atoms with Gasteiger partial charge in [0.25, 0.3) is 0 Å². The molecule has 0 unspecified atom stereocenters. The largest absolute Gasteiger partial charge is 0.497 e. The molecule has 0 aromatic heterocycles. The predicted molar refractivity (Wildman–Crippen MR) is 123 cm³/mol. The van der Waals surface area contributed by atoms with E-state index >= 15 is 0 Å². The zero-order chi connectivity index (χ0) is 25.1. The SMILES string of the molecule is COc1cccc(CCc2ccccc2OC[C@H](CCN(C)C)OC(=O)CC(F)(F)C(=O)O)c1. The summed E-state index contributed by atoms with van der Waals surface area (Å²) in [5, 5.41) is 8.55. The van der Waals surface area contributed by atoms with E-state index in [0.29, 0.717) is 25.1 Å². The second-order valence-electron chi connectivity index (χ2n) is 8.16. The Morgan fingerprint density at radius 3 is 2.50 bits per heavy atom. The van der Waals surface area contributed by atoms with Crippen LogP contribution in [0.3, 0.4) is 0 Å². The van der Waals surface area contributed by atoms with Crippen molar-refractivity contribution in [3.8, 4) is 11.5 Å². The van der Waals surface area contributed by atoms with Crippen LogP contribution in [0.15, 0.2) is 48.5 Å². The zero-order valence-corrected chi connectivity index (χ0v) is 19.6. The summed E-state index contributed by atoms with van der Waals surface area (Å²) >= 11 is 0. The van der Waals surface area contributed by atoms with E-state index in [1.54, 1.807) is 13.2 Å². The van der Waals surface area contributed by atoms with E-state index in [2.05, 4.69) is 0 Å². The van der Waals surface area contributed by atoms with Crippen LogP contribution in [0.2, 0.25) is 0 Å². The van der Waals surface area contributed by atoms with Gasteiger partial charge in [0, 0.05) is 13.0 Å². The molecule has 0 radical (unpaired) electrons. The van der Waals surface area contributed by atoms with Crippen molar-refractivity contribution >= 4 is 11.9 Å². The second kappa shape index (κ2) is 12.9. The van der Waals surface area contributed by atoms with Crippen LogP contribution in [0.1, 0.15) is 24.0 Å². The third-order valence-corrected chi connectivity index (χ3v) is 5.09. The van der Waals surface area contributed by atoms with E-state index in [1.807, 2.05) is 61.5 Å². The lowest BCUT2D eigenvalue weighted by Gasteiger charge is -2.22. The first-order valence-corrected chi connectivity index (χ1v) is 10.9. The molecule has 0 saturated carbocycles. The molecule has 7 nitrogen and oxygen atoms in total. The van der Waals surface area contributed by atoms with Gasteiger partial charge in [-0.05, 0) is 56.3 Å². The van der Waals surface area contributed by atoms with Gasteiger partial charge in [0.15, 0.2) is 0 Å². The number of rotatable bonds is 14. The van der Waals surface area contributed by atoms with E-state index in [9.17, 15) is 18.4 Å². The summed E-state index contributed by atoms with van der Waals surface area (Å²) in [6.45, 7) is 0.475. The molecule has 0 aliphatic rings. The Kier molecular flexibility index (Phi) is 10.2. The van der Waals surface area contributed by atoms with Crippen molar-refractivity contribution in [3.63, 3.8) is 0 Å². The number of para-hydroxylation sites is 1. The van der Waals surface area contributed by atoms with Crippen molar-refractivity contribution < 1.29 is 37.7 Å². The van der Waals surface area contributed by atoms with Crippen molar-refractivity contribution in [2.75, 3.05) is 34.4 Å². The van der Waals surface area contributed by atoms with Crippen molar-refractivity contribution in [1.29, 1.82) is 0 Å². The van der Waals surface area contributed by atoms with Gasteiger partial charge in [0.2, 0.25) is 0 Å². The van der Waals surface area contributed by atoms with E-state index in [-0.39, 0.29) is 6.61 Å². The molecule has 0 aliphatic carbocycles. The minimum Gasteiger partial charge on any atom is -0.497 e. The van der Waals surface area contributed by atoms with Gasteiger partial charge in [-0.15, -0.1) is 0 Å². The van der Waals surface area contributed by atoms with E-state index in [1.165, 1.54) is 0 Å². The fraction of sp³-hybridized carbons (Fsp3) is 0.440. The Labute approximate surface area is 198 Å². The maximum absolute atomic E-state index is 13.4. The third-order valence-electron chi connectivity index (χ3n) is 5.09. The number of benzene rings is 2. The van der Waals surface area contributed by atoms with Crippen LogP contribution in [0.25, 0.3) is 0 Å². The molecule has 9 heteroatoms. The summed E-state index contributed by atoms with van der Waals surface area (Å²) in [5.74, 6) is -6.45. The molecule has 2 aromatic rings. The summed E-state index contributed by atoms with van der Waals surface area (Å²) in [5.41, 5.74) is 2.05. The number of nitrogens with zero attached hydrogens (tertiary/aromatic N) is 1. The molecule has 2 aromatic carbocycles. The number of hydrogen-bond acceptors (Lipinski definition) is 6. The lowest BCUT2D eigenvalue weighted by molar-refractivity contribution is -0.176. The van der Waals surface area contributed by atoms with Crippen LogP contribution in [0, 0.1) is 0 Å². The van der Waals surface area contributed by atoms with Gasteiger partial charge in [0.05, 0.1) is 7.11 Å². The van der Waals surface area contributed by atoms with Crippen molar-refractivity contribution in [3.05, 3.63) is 59.7 Å². The first-order valence-electron chi connectivity index (χ1n) is 10.9. The number of hydrogen-bond donors (Lipinski definition) is 1. The molecule has 1 atom stereocenters. The number of halogens is 2. The maximum atomic E-state index is 13.4. The molecule has 0 amide bonds. The Morgan fingerprint density at radius 2 is 1.82 bits per heavy atom. The van der Waals surface area contributed by atoms with Crippen LogP contribution in [0.4, 0.5) is 8.78 Å². The quantitative estimate of drug-likeness (QED) is 0.412. The van der Waals surface area contributed by atoms with Crippen LogP contribution in [0.5, 0.6) is 11.5 Å². The van der Waals surface area contributed by atoms with Crippen molar-refractivity contribution in [2.45, 2.75) is 37.7 Å². The smallest absolute Gasteiger partial charge is 0.375 e. The molecule has 0 saturated heterocycles. The monoisotopic (exact) mass is 479 g/mol. The lowest BCUT2D eigenvalue weighted by atomic mass is 10.0. The normalized spacial score (nSPS) is 12.3. The number of aliphatic carboxylic acids is 1. The fourth-order valence-electron chi connectivity index (χ4n) is 3.20. The molecule has 0 fully saturated rings. The molecule has 1 N–H and O–H groups in total. The number of carbonyl (C=O) groups is 2. The predicted octanol–water partition coefficient (Wildman–Crippen LogP) is 3.83. The molecular formula is C25H31F2NO6. The summed E-state index contributed by atoms with van der Waals surface area (Å²) in [7, 11) is 5.27. The van der Waals surface area contributed by atoms with E-state index in [4.69, 9.17) is 19.3 Å². The number of aryl methyl sites for hydroxylation is 2. The number of alkyl halides is 2. The highest BCUT2D eigenvalue weighted by atomic mass is 19.3. The van der Waals surface area contributed by atoms with Crippen LogP contribution in [-0.4, -0.2) is 68.3 Å². The minimum absolute atomic E-state index is 0.0472. The number of methoxy groups -OCH3 is 1. The van der Waals surface area contributed by atoms with Crippen LogP contribution >= 0.6 is 0 Å². The topological polar surface area (TPSA) is 85.3 Å². The molecule has 0 aliphatic heterocycles. The average molecular weight is 480 g/mol. The molecule has 34 heavy (non-hydrogen) atoms. The number of esters is 1. The zero-order valence-electron chi connectivity index (χ0n) is 19.6. The Balaban J connectivity index is 2.03. The molecule has 0 bridgehead atoms. The Bertz CT molecular complexity index is 951. The van der Waals surface area contributed by atoms with Gasteiger partial charge in [-0.25, -0.2) is 4.79 Å². The van der Waals surface area contributed by atoms with Gasteiger partial charge in [-0.2, -0.15) is 8.78 Å². The number of ether oxygens (including phenoxy) is 3. The summed E-state index contributed by atoms with van der Waals surface area (Å²) in [6, 6.07) is 15.2. The molecule has 0 heterocycles. The maximum Gasteiger partial charge on any atom is 0.375 e. The average Bonchev–Trinajstić information content (AvgIpc) is 2.79. The lowest BCUT2D eigenvalue weighted by Crippen LogP contribution is -2.35. The van der Waals surface area contributed by atoms with E-state index < -0.39 is 30.4 Å². The highest BCUT2D eigenvalue weighted by Crippen LogP contribution is 2.23. The highest BCUT2D eigenvalue weighted by molar-refractivity contribution is 5.82. The molecule has 0 spiro atoms. The van der Waals surface area contributed by atoms with Crippen molar-refractivity contribution in [2.24, 2.45) is 0 Å². The molecular weight excluding hydrogens is 448 g/mol. The van der Waals surface area contributed by atoms with E-state index in [0.717, 1.165) is 23.3 Å².